The van der Waals surface area contributed by atoms with Crippen LogP contribution in [0.1, 0.15) is 94.9 Å². The molecule has 0 aromatic heterocycles. The summed E-state index contributed by atoms with van der Waals surface area (Å²) in [6.45, 7) is 24.6. The van der Waals surface area contributed by atoms with Crippen LogP contribution >= 0.6 is 0 Å². The van der Waals surface area contributed by atoms with Gasteiger partial charge in [-0.2, -0.15) is 0 Å². The predicted octanol–water partition coefficient (Wildman–Crippen LogP) is 8.14. The summed E-state index contributed by atoms with van der Waals surface area (Å²) in [5.41, 5.74) is 0. The van der Waals surface area contributed by atoms with Crippen LogP contribution in [-0.4, -0.2) is 51.6 Å². The van der Waals surface area contributed by atoms with Crippen LogP contribution in [0.15, 0.2) is 0 Å². The molecule has 176 valence electrons. The molecule has 0 aliphatic carbocycles. The van der Waals surface area contributed by atoms with Gasteiger partial charge in [-0.3, -0.25) is 0 Å². The van der Waals surface area contributed by atoms with Crippen molar-refractivity contribution in [1.82, 2.24) is 0 Å². The van der Waals surface area contributed by atoms with E-state index in [1.807, 2.05) is 0 Å². The van der Waals surface area contributed by atoms with E-state index in [2.05, 4.69) is 69.2 Å². The van der Waals surface area contributed by atoms with Gasteiger partial charge in [0, 0.05) is 0 Å². The Balaban J connectivity index is 5.87. The molecule has 0 unspecified atom stereocenters. The number of hydrogen-bond donors (Lipinski definition) is 0. The summed E-state index contributed by atoms with van der Waals surface area (Å²) >= 11 is -6.40. The Morgan fingerprint density at radius 1 is 0.483 bits per heavy atom. The summed E-state index contributed by atoms with van der Waals surface area (Å²) in [4.78, 5) is 0. The van der Waals surface area contributed by atoms with Crippen molar-refractivity contribution in [2.24, 2.45) is 23.7 Å². The third-order valence-electron chi connectivity index (χ3n) is 5.60. The van der Waals surface area contributed by atoms with Crippen LogP contribution in [0.3, 0.4) is 0 Å². The minimum absolute atomic E-state index is 0.706. The number of hydrogen-bond acceptors (Lipinski definition) is 3. The topological polar surface area (TPSA) is 27.7 Å². The molecule has 29 heavy (non-hydrogen) atoms. The fourth-order valence-corrected chi connectivity index (χ4v) is 47.9. The van der Waals surface area contributed by atoms with Gasteiger partial charge < -0.3 is 0 Å². The molecule has 0 radical (unpaired) electrons. The van der Waals surface area contributed by atoms with Gasteiger partial charge in [0.15, 0.2) is 0 Å². The Labute approximate surface area is 194 Å². The van der Waals surface area contributed by atoms with Crippen LogP contribution in [0.5, 0.6) is 0 Å². The van der Waals surface area contributed by atoms with Crippen molar-refractivity contribution in [3.8, 4) is 0 Å². The van der Waals surface area contributed by atoms with E-state index in [-0.39, 0.29) is 0 Å². The molecule has 0 spiro atoms. The summed E-state index contributed by atoms with van der Waals surface area (Å²) < 4.78 is 25.7. The molecule has 0 saturated heterocycles. The molecule has 0 aliphatic heterocycles. The Morgan fingerprint density at radius 3 is 0.897 bits per heavy atom. The van der Waals surface area contributed by atoms with Gasteiger partial charge in [0.25, 0.3) is 0 Å². The van der Waals surface area contributed by atoms with Crippen molar-refractivity contribution in [3.63, 3.8) is 0 Å². The SMILES string of the molecule is CC[O][Sn]([CH2]CC(C)C)([CH2]CC(C)C)[O][Sn]([CH2]CC(C)C)([CH2]CC(C)C)[O]CC. The molecule has 0 fully saturated rings. The zero-order valence-electron chi connectivity index (χ0n) is 21.6. The summed E-state index contributed by atoms with van der Waals surface area (Å²) in [5, 5.41) is 0. The Morgan fingerprint density at radius 2 is 0.724 bits per heavy atom. The van der Waals surface area contributed by atoms with Gasteiger partial charge in [-0.25, -0.2) is 0 Å². The first-order valence-corrected chi connectivity index (χ1v) is 25.2. The zero-order chi connectivity index (χ0) is 22.5. The minimum atomic E-state index is -3.20. The molecule has 0 saturated carbocycles. The van der Waals surface area contributed by atoms with Crippen molar-refractivity contribution in [2.75, 3.05) is 13.2 Å². The fourth-order valence-electron chi connectivity index (χ4n) is 3.70. The van der Waals surface area contributed by atoms with Gasteiger partial charge in [-0.15, -0.1) is 0 Å². The van der Waals surface area contributed by atoms with E-state index in [0.29, 0.717) is 23.7 Å². The molecule has 0 aliphatic rings. The monoisotopic (exact) mass is 630 g/mol. The second kappa shape index (κ2) is 16.1. The molecular formula is C24H54O3Sn2. The summed E-state index contributed by atoms with van der Waals surface area (Å²) in [6, 6.07) is 0. The van der Waals surface area contributed by atoms with Crippen molar-refractivity contribution in [2.45, 2.75) is 113 Å². The third kappa shape index (κ3) is 14.3. The van der Waals surface area contributed by atoms with E-state index in [0.717, 1.165) is 13.2 Å². The van der Waals surface area contributed by atoms with Gasteiger partial charge in [0.2, 0.25) is 0 Å². The van der Waals surface area contributed by atoms with Gasteiger partial charge in [-0.1, -0.05) is 0 Å². The van der Waals surface area contributed by atoms with Crippen LogP contribution in [0.25, 0.3) is 0 Å². The van der Waals surface area contributed by atoms with Gasteiger partial charge in [0.1, 0.15) is 0 Å². The average molecular weight is 628 g/mol. The van der Waals surface area contributed by atoms with Gasteiger partial charge in [-0.05, 0) is 0 Å². The molecule has 0 N–H and O–H groups in total. The maximum atomic E-state index is 7.48. The van der Waals surface area contributed by atoms with Crippen LogP contribution < -0.4 is 0 Å². The molecule has 0 bridgehead atoms. The Hall–Kier alpha value is 1.48. The van der Waals surface area contributed by atoms with E-state index in [1.165, 1.54) is 43.4 Å². The summed E-state index contributed by atoms with van der Waals surface area (Å²) in [7, 11) is 0. The van der Waals surface area contributed by atoms with E-state index in [9.17, 15) is 0 Å². The molecule has 0 aromatic carbocycles. The Kier molecular flexibility index (Phi) is 17.0. The molecule has 0 rings (SSSR count). The van der Waals surface area contributed by atoms with Gasteiger partial charge >= 0.3 is 196 Å². The number of rotatable bonds is 18. The van der Waals surface area contributed by atoms with Crippen molar-refractivity contribution in [3.05, 3.63) is 0 Å². The molecular weight excluding hydrogens is 574 g/mol. The molecule has 0 atom stereocenters. The van der Waals surface area contributed by atoms with Crippen molar-refractivity contribution < 1.29 is 7.56 Å². The zero-order valence-corrected chi connectivity index (χ0v) is 27.3. The van der Waals surface area contributed by atoms with Crippen LogP contribution in [0.4, 0.5) is 0 Å². The predicted molar refractivity (Wildman–Crippen MR) is 133 cm³/mol. The molecule has 0 heterocycles. The first-order valence-electron chi connectivity index (χ1n) is 12.5. The van der Waals surface area contributed by atoms with E-state index < -0.39 is 38.4 Å². The standard InChI is InChI=1S/4C5H11.2C2H5O.O.2Sn/c4*1-4-5(2)3;2*1-2-3;;;/h4*5H,1,4H2,2-3H3;2*2H2,1H3;;;/q;;;;2*-1;;2*+1. The van der Waals surface area contributed by atoms with Gasteiger partial charge in [0.05, 0.1) is 0 Å². The summed E-state index contributed by atoms with van der Waals surface area (Å²) in [5.74, 6) is 2.82. The quantitative estimate of drug-likeness (QED) is 0.144. The van der Waals surface area contributed by atoms with E-state index >= 15 is 0 Å². The molecule has 0 amide bonds. The fraction of sp³-hybridized carbons (Fsp3) is 1.00. The van der Waals surface area contributed by atoms with Crippen LogP contribution in [0, 0.1) is 23.7 Å². The molecule has 3 nitrogen and oxygen atoms in total. The van der Waals surface area contributed by atoms with Crippen molar-refractivity contribution >= 4 is 38.4 Å². The van der Waals surface area contributed by atoms with Crippen LogP contribution in [-0.2, 0) is 7.56 Å². The average Bonchev–Trinajstić information content (AvgIpc) is 2.62. The van der Waals surface area contributed by atoms with E-state index in [1.54, 1.807) is 0 Å². The second-order valence-electron chi connectivity index (χ2n) is 10.5. The first-order chi connectivity index (χ1) is 13.5. The van der Waals surface area contributed by atoms with Crippen LogP contribution in [0.2, 0.25) is 17.7 Å². The van der Waals surface area contributed by atoms with E-state index in [4.69, 9.17) is 7.56 Å². The Bertz CT molecular complexity index is 338. The first kappa shape index (κ1) is 30.5. The maximum absolute atomic E-state index is 7.48. The third-order valence-corrected chi connectivity index (χ3v) is 38.6. The van der Waals surface area contributed by atoms with Crippen molar-refractivity contribution in [1.29, 1.82) is 0 Å². The normalized spacial score (nSPS) is 13.4. The molecule has 0 aromatic rings. The summed E-state index contributed by atoms with van der Waals surface area (Å²) in [6.07, 6.45) is 4.93. The second-order valence-corrected chi connectivity index (χ2v) is 32.8. The molecule has 5 heteroatoms.